The topological polar surface area (TPSA) is 50.7 Å². The molecule has 1 unspecified atom stereocenters. The number of hydrogen-bond acceptors (Lipinski definition) is 4. The first-order valence-electron chi connectivity index (χ1n) is 7.75. The molecule has 1 atom stereocenters. The molecule has 0 amide bonds. The number of rotatable bonds is 10. The van der Waals surface area contributed by atoms with Crippen LogP contribution in [0.4, 0.5) is 0 Å². The van der Waals surface area contributed by atoms with Crippen molar-refractivity contribution in [3.05, 3.63) is 23.8 Å². The second kappa shape index (κ2) is 9.64. The lowest BCUT2D eigenvalue weighted by Gasteiger charge is -2.16. The molecule has 21 heavy (non-hydrogen) atoms. The van der Waals surface area contributed by atoms with Gasteiger partial charge in [0.2, 0.25) is 0 Å². The Morgan fingerprint density at radius 3 is 2.57 bits per heavy atom. The Balaban J connectivity index is 2.56. The minimum Gasteiger partial charge on any atom is -0.493 e. The van der Waals surface area contributed by atoms with Gasteiger partial charge in [0, 0.05) is 13.2 Å². The molecular weight excluding hydrogens is 266 g/mol. The molecule has 0 saturated carbocycles. The molecule has 0 aliphatic heterocycles. The summed E-state index contributed by atoms with van der Waals surface area (Å²) in [5.74, 6) is 2.08. The van der Waals surface area contributed by atoms with Crippen LogP contribution in [-0.2, 0) is 6.54 Å². The highest BCUT2D eigenvalue weighted by molar-refractivity contribution is 5.43. The lowest BCUT2D eigenvalue weighted by molar-refractivity contribution is 0.230. The van der Waals surface area contributed by atoms with Crippen molar-refractivity contribution >= 4 is 0 Å². The summed E-state index contributed by atoms with van der Waals surface area (Å²) >= 11 is 0. The van der Waals surface area contributed by atoms with Crippen molar-refractivity contribution in [2.75, 3.05) is 20.3 Å². The number of hydrogen-bond donors (Lipinski definition) is 2. The maximum Gasteiger partial charge on any atom is 0.161 e. The standard InChI is InChI=1S/C17H29NO3/c1-5-14(8-9-19)11-18-12-15-6-7-16(21-13(2)3)17(10-15)20-4/h6-7,10,13-14,18-19H,5,8-9,11-12H2,1-4H3. The van der Waals surface area contributed by atoms with E-state index in [1.165, 1.54) is 5.56 Å². The third-order valence-corrected chi connectivity index (χ3v) is 3.47. The summed E-state index contributed by atoms with van der Waals surface area (Å²) in [5, 5.41) is 12.4. The summed E-state index contributed by atoms with van der Waals surface area (Å²) in [6.07, 6.45) is 2.07. The Labute approximate surface area is 128 Å². The summed E-state index contributed by atoms with van der Waals surface area (Å²) in [6, 6.07) is 6.03. The molecule has 0 heterocycles. The Kier molecular flexibility index (Phi) is 8.16. The van der Waals surface area contributed by atoms with Gasteiger partial charge in [0.05, 0.1) is 13.2 Å². The van der Waals surface area contributed by atoms with E-state index in [1.54, 1.807) is 7.11 Å². The molecule has 0 aliphatic rings. The molecule has 120 valence electrons. The van der Waals surface area contributed by atoms with Crippen molar-refractivity contribution in [3.8, 4) is 11.5 Å². The molecule has 0 aromatic heterocycles. The van der Waals surface area contributed by atoms with Crippen LogP contribution in [0.1, 0.15) is 39.2 Å². The highest BCUT2D eigenvalue weighted by Gasteiger charge is 2.08. The molecule has 1 aromatic rings. The van der Waals surface area contributed by atoms with Crippen molar-refractivity contribution < 1.29 is 14.6 Å². The van der Waals surface area contributed by atoms with Gasteiger partial charge in [-0.05, 0) is 50.4 Å². The third kappa shape index (κ3) is 6.36. The maximum atomic E-state index is 9.00. The lowest BCUT2D eigenvalue weighted by Crippen LogP contribution is -2.23. The van der Waals surface area contributed by atoms with Crippen LogP contribution in [0.3, 0.4) is 0 Å². The molecule has 4 heteroatoms. The van der Waals surface area contributed by atoms with E-state index in [-0.39, 0.29) is 12.7 Å². The van der Waals surface area contributed by atoms with Crippen LogP contribution in [-0.4, -0.2) is 31.5 Å². The molecule has 1 aromatic carbocycles. The van der Waals surface area contributed by atoms with Crippen molar-refractivity contribution in [1.82, 2.24) is 5.32 Å². The van der Waals surface area contributed by atoms with Gasteiger partial charge in [0.15, 0.2) is 11.5 Å². The molecule has 0 aliphatic carbocycles. The van der Waals surface area contributed by atoms with E-state index < -0.39 is 0 Å². The summed E-state index contributed by atoms with van der Waals surface area (Å²) in [5.41, 5.74) is 1.17. The maximum absolute atomic E-state index is 9.00. The second-order valence-corrected chi connectivity index (χ2v) is 5.57. The van der Waals surface area contributed by atoms with Gasteiger partial charge in [-0.3, -0.25) is 0 Å². The predicted molar refractivity (Wildman–Crippen MR) is 85.9 cm³/mol. The van der Waals surface area contributed by atoms with Gasteiger partial charge in [0.25, 0.3) is 0 Å². The van der Waals surface area contributed by atoms with Crippen molar-refractivity contribution in [2.24, 2.45) is 5.92 Å². The highest BCUT2D eigenvalue weighted by Crippen LogP contribution is 2.28. The van der Waals surface area contributed by atoms with E-state index in [1.807, 2.05) is 26.0 Å². The summed E-state index contributed by atoms with van der Waals surface area (Å²) in [4.78, 5) is 0. The van der Waals surface area contributed by atoms with Gasteiger partial charge in [-0.1, -0.05) is 19.4 Å². The first-order chi connectivity index (χ1) is 10.1. The Morgan fingerprint density at radius 1 is 1.24 bits per heavy atom. The quantitative estimate of drug-likeness (QED) is 0.697. The van der Waals surface area contributed by atoms with E-state index in [0.717, 1.165) is 37.4 Å². The predicted octanol–water partition coefficient (Wildman–Crippen LogP) is 2.98. The second-order valence-electron chi connectivity index (χ2n) is 5.57. The molecule has 0 bridgehead atoms. The zero-order valence-corrected chi connectivity index (χ0v) is 13.7. The van der Waals surface area contributed by atoms with Crippen molar-refractivity contribution in [3.63, 3.8) is 0 Å². The Bertz CT molecular complexity index is 407. The van der Waals surface area contributed by atoms with Crippen LogP contribution in [0.25, 0.3) is 0 Å². The Hall–Kier alpha value is -1.26. The van der Waals surface area contributed by atoms with Crippen LogP contribution in [0, 0.1) is 5.92 Å². The molecule has 1 rings (SSSR count). The molecule has 0 fully saturated rings. The van der Waals surface area contributed by atoms with E-state index in [4.69, 9.17) is 14.6 Å². The third-order valence-electron chi connectivity index (χ3n) is 3.47. The zero-order valence-electron chi connectivity index (χ0n) is 13.7. The summed E-state index contributed by atoms with van der Waals surface area (Å²) in [7, 11) is 1.66. The van der Waals surface area contributed by atoms with Crippen molar-refractivity contribution in [1.29, 1.82) is 0 Å². The largest absolute Gasteiger partial charge is 0.493 e. The highest BCUT2D eigenvalue weighted by atomic mass is 16.5. The molecule has 0 spiro atoms. The van der Waals surface area contributed by atoms with Crippen LogP contribution in [0.15, 0.2) is 18.2 Å². The SMILES string of the molecule is CCC(CCO)CNCc1ccc(OC(C)C)c(OC)c1. The van der Waals surface area contributed by atoms with E-state index in [9.17, 15) is 0 Å². The normalized spacial score (nSPS) is 12.5. The number of aliphatic hydroxyl groups is 1. The zero-order chi connectivity index (χ0) is 15.7. The first kappa shape index (κ1) is 17.8. The molecule has 0 saturated heterocycles. The average molecular weight is 295 g/mol. The molecular formula is C17H29NO3. The number of aliphatic hydroxyl groups excluding tert-OH is 1. The van der Waals surface area contributed by atoms with Gasteiger partial charge < -0.3 is 19.9 Å². The Morgan fingerprint density at radius 2 is 2.00 bits per heavy atom. The number of methoxy groups -OCH3 is 1. The van der Waals surface area contributed by atoms with Gasteiger partial charge >= 0.3 is 0 Å². The van der Waals surface area contributed by atoms with Gasteiger partial charge in [-0.25, -0.2) is 0 Å². The molecule has 0 radical (unpaired) electrons. The summed E-state index contributed by atoms with van der Waals surface area (Å²) in [6.45, 7) is 8.13. The van der Waals surface area contributed by atoms with Crippen LogP contribution in [0.2, 0.25) is 0 Å². The number of ether oxygens (including phenoxy) is 2. The monoisotopic (exact) mass is 295 g/mol. The fourth-order valence-corrected chi connectivity index (χ4v) is 2.23. The minimum absolute atomic E-state index is 0.131. The van der Waals surface area contributed by atoms with Crippen molar-refractivity contribution in [2.45, 2.75) is 46.3 Å². The average Bonchev–Trinajstić information content (AvgIpc) is 2.47. The fraction of sp³-hybridized carbons (Fsp3) is 0.647. The lowest BCUT2D eigenvalue weighted by atomic mass is 10.0. The van der Waals surface area contributed by atoms with E-state index in [0.29, 0.717) is 5.92 Å². The number of benzene rings is 1. The number of nitrogens with one attached hydrogen (secondary N) is 1. The van der Waals surface area contributed by atoms with E-state index in [2.05, 4.69) is 18.3 Å². The fourth-order valence-electron chi connectivity index (χ4n) is 2.23. The molecule has 4 nitrogen and oxygen atoms in total. The van der Waals surface area contributed by atoms with Crippen LogP contribution in [0.5, 0.6) is 11.5 Å². The smallest absolute Gasteiger partial charge is 0.161 e. The minimum atomic E-state index is 0.131. The first-order valence-corrected chi connectivity index (χ1v) is 7.75. The molecule has 2 N–H and O–H groups in total. The van der Waals surface area contributed by atoms with Gasteiger partial charge in [-0.2, -0.15) is 0 Å². The van der Waals surface area contributed by atoms with E-state index >= 15 is 0 Å². The van der Waals surface area contributed by atoms with Gasteiger partial charge in [-0.15, -0.1) is 0 Å². The van der Waals surface area contributed by atoms with Gasteiger partial charge in [0.1, 0.15) is 0 Å². The van der Waals surface area contributed by atoms with Crippen LogP contribution >= 0.6 is 0 Å². The van der Waals surface area contributed by atoms with Crippen LogP contribution < -0.4 is 14.8 Å². The summed E-state index contributed by atoms with van der Waals surface area (Å²) < 4.78 is 11.1.